The van der Waals surface area contributed by atoms with Crippen molar-refractivity contribution in [2.45, 2.75) is 25.4 Å². The summed E-state index contributed by atoms with van der Waals surface area (Å²) in [7, 11) is 1.93. The molecule has 5 heteroatoms. The highest BCUT2D eigenvalue weighted by molar-refractivity contribution is 5.82. The largest absolute Gasteiger partial charge is 0.351 e. The highest BCUT2D eigenvalue weighted by atomic mass is 16.2. The van der Waals surface area contributed by atoms with Gasteiger partial charge in [0.1, 0.15) is 0 Å². The summed E-state index contributed by atoms with van der Waals surface area (Å²) in [4.78, 5) is 11.9. The number of amides is 1. The van der Waals surface area contributed by atoms with E-state index in [2.05, 4.69) is 21.8 Å². The average molecular weight is 258 g/mol. The normalized spacial score (nSPS) is 18.9. The lowest BCUT2D eigenvalue weighted by molar-refractivity contribution is -0.122. The Morgan fingerprint density at radius 3 is 3.26 bits per heavy atom. The van der Waals surface area contributed by atoms with Crippen molar-refractivity contribution in [3.05, 3.63) is 30.0 Å². The Kier molecular flexibility index (Phi) is 3.21. The lowest BCUT2D eigenvalue weighted by Gasteiger charge is -2.11. The molecule has 1 amide bonds. The number of benzene rings is 1. The number of nitrogens with zero attached hydrogens (tertiary/aromatic N) is 2. The summed E-state index contributed by atoms with van der Waals surface area (Å²) in [5.74, 6) is 0.101. The third kappa shape index (κ3) is 2.46. The van der Waals surface area contributed by atoms with Crippen molar-refractivity contribution in [1.29, 1.82) is 0 Å². The van der Waals surface area contributed by atoms with Crippen molar-refractivity contribution >= 4 is 16.8 Å². The van der Waals surface area contributed by atoms with Crippen LogP contribution in [-0.4, -0.2) is 28.3 Å². The molecule has 0 bridgehead atoms. The molecule has 1 unspecified atom stereocenters. The fraction of sp³-hybridized carbons (Fsp3) is 0.429. The van der Waals surface area contributed by atoms with Crippen LogP contribution in [0.25, 0.3) is 10.9 Å². The van der Waals surface area contributed by atoms with Crippen LogP contribution >= 0.6 is 0 Å². The first-order valence-corrected chi connectivity index (χ1v) is 6.66. The molecule has 1 fully saturated rings. The van der Waals surface area contributed by atoms with Crippen LogP contribution in [0.1, 0.15) is 18.4 Å². The number of carbonyl (C=O) groups excluding carboxylic acids is 1. The molecule has 1 saturated heterocycles. The van der Waals surface area contributed by atoms with Gasteiger partial charge in [0.2, 0.25) is 5.91 Å². The summed E-state index contributed by atoms with van der Waals surface area (Å²) in [5, 5.41) is 11.5. The maximum absolute atomic E-state index is 11.9. The second kappa shape index (κ2) is 5.01. The standard InChI is InChI=1S/C14H18N4O/c1-18-13-5-4-10(7-11(13)9-17-18)8-16-14(19)12-3-2-6-15-12/h4-5,7,9,12,15H,2-3,6,8H2,1H3,(H,16,19). The van der Waals surface area contributed by atoms with Crippen molar-refractivity contribution in [2.75, 3.05) is 6.54 Å². The third-order valence-electron chi connectivity index (χ3n) is 3.65. The van der Waals surface area contributed by atoms with Gasteiger partial charge in [0, 0.05) is 19.0 Å². The predicted molar refractivity (Wildman–Crippen MR) is 73.6 cm³/mol. The molecule has 1 aliphatic rings. The third-order valence-corrected chi connectivity index (χ3v) is 3.65. The van der Waals surface area contributed by atoms with Gasteiger partial charge in [-0.3, -0.25) is 9.48 Å². The van der Waals surface area contributed by atoms with Crippen molar-refractivity contribution in [1.82, 2.24) is 20.4 Å². The van der Waals surface area contributed by atoms with E-state index in [1.165, 1.54) is 0 Å². The minimum Gasteiger partial charge on any atom is -0.351 e. The Hall–Kier alpha value is -1.88. The quantitative estimate of drug-likeness (QED) is 0.861. The van der Waals surface area contributed by atoms with E-state index in [-0.39, 0.29) is 11.9 Å². The van der Waals surface area contributed by atoms with Crippen molar-refractivity contribution in [3.8, 4) is 0 Å². The molecule has 0 spiro atoms. The van der Waals surface area contributed by atoms with Gasteiger partial charge in [0.15, 0.2) is 0 Å². The molecular weight excluding hydrogens is 240 g/mol. The van der Waals surface area contributed by atoms with Gasteiger partial charge < -0.3 is 10.6 Å². The number of nitrogens with one attached hydrogen (secondary N) is 2. The zero-order chi connectivity index (χ0) is 13.2. The van der Waals surface area contributed by atoms with E-state index in [0.717, 1.165) is 35.9 Å². The van der Waals surface area contributed by atoms with Crippen LogP contribution in [-0.2, 0) is 18.4 Å². The molecule has 19 heavy (non-hydrogen) atoms. The van der Waals surface area contributed by atoms with E-state index in [1.54, 1.807) is 0 Å². The van der Waals surface area contributed by atoms with E-state index >= 15 is 0 Å². The Morgan fingerprint density at radius 2 is 2.47 bits per heavy atom. The van der Waals surface area contributed by atoms with Crippen molar-refractivity contribution in [2.24, 2.45) is 7.05 Å². The van der Waals surface area contributed by atoms with Crippen LogP contribution in [0.3, 0.4) is 0 Å². The summed E-state index contributed by atoms with van der Waals surface area (Å²) < 4.78 is 1.85. The topological polar surface area (TPSA) is 59.0 Å². The maximum atomic E-state index is 11.9. The lowest BCUT2D eigenvalue weighted by Crippen LogP contribution is -2.39. The maximum Gasteiger partial charge on any atom is 0.237 e. The molecule has 2 aromatic rings. The summed E-state index contributed by atoms with van der Waals surface area (Å²) in [6.07, 6.45) is 3.87. The Bertz CT molecular complexity index is 599. The molecule has 1 aromatic carbocycles. The van der Waals surface area contributed by atoms with Crippen LogP contribution in [0.5, 0.6) is 0 Å². The van der Waals surface area contributed by atoms with Crippen LogP contribution in [0.2, 0.25) is 0 Å². The first-order chi connectivity index (χ1) is 9.24. The molecule has 0 saturated carbocycles. The number of hydrogen-bond donors (Lipinski definition) is 2. The average Bonchev–Trinajstić information content (AvgIpc) is 3.06. The first-order valence-electron chi connectivity index (χ1n) is 6.66. The number of aryl methyl sites for hydroxylation is 1. The monoisotopic (exact) mass is 258 g/mol. The lowest BCUT2D eigenvalue weighted by atomic mass is 10.1. The molecule has 100 valence electrons. The molecule has 1 aromatic heterocycles. The number of aromatic nitrogens is 2. The minimum absolute atomic E-state index is 0.0119. The number of fused-ring (bicyclic) bond motifs is 1. The molecule has 1 aliphatic heterocycles. The zero-order valence-electron chi connectivity index (χ0n) is 11.0. The summed E-state index contributed by atoms with van der Waals surface area (Å²) >= 11 is 0. The zero-order valence-corrected chi connectivity index (χ0v) is 11.0. The molecule has 2 N–H and O–H groups in total. The Labute approximate surface area is 112 Å². The van der Waals surface area contributed by atoms with Crippen LogP contribution in [0, 0.1) is 0 Å². The molecule has 3 rings (SSSR count). The van der Waals surface area contributed by atoms with Gasteiger partial charge in [0.25, 0.3) is 0 Å². The molecule has 2 heterocycles. The Morgan fingerprint density at radius 1 is 1.58 bits per heavy atom. The van der Waals surface area contributed by atoms with Crippen LogP contribution in [0.15, 0.2) is 24.4 Å². The van der Waals surface area contributed by atoms with Gasteiger partial charge in [0.05, 0.1) is 17.8 Å². The van der Waals surface area contributed by atoms with Gasteiger partial charge in [-0.15, -0.1) is 0 Å². The van der Waals surface area contributed by atoms with Gasteiger partial charge >= 0.3 is 0 Å². The first kappa shape index (κ1) is 12.2. The minimum atomic E-state index is -0.0119. The van der Waals surface area contributed by atoms with E-state index in [9.17, 15) is 4.79 Å². The van der Waals surface area contributed by atoms with E-state index in [4.69, 9.17) is 0 Å². The van der Waals surface area contributed by atoms with Gasteiger partial charge in [-0.05, 0) is 37.1 Å². The summed E-state index contributed by atoms with van der Waals surface area (Å²) in [6, 6.07) is 6.14. The Balaban J connectivity index is 1.66. The van der Waals surface area contributed by atoms with Crippen LogP contribution < -0.4 is 10.6 Å². The second-order valence-electron chi connectivity index (χ2n) is 5.03. The van der Waals surface area contributed by atoms with E-state index < -0.39 is 0 Å². The molecule has 0 aliphatic carbocycles. The number of hydrogen-bond acceptors (Lipinski definition) is 3. The highest BCUT2D eigenvalue weighted by Crippen LogP contribution is 2.15. The van der Waals surface area contributed by atoms with Gasteiger partial charge in [-0.25, -0.2) is 0 Å². The summed E-state index contributed by atoms with van der Waals surface area (Å²) in [5.41, 5.74) is 2.21. The smallest absolute Gasteiger partial charge is 0.237 e. The van der Waals surface area contributed by atoms with Crippen LogP contribution in [0.4, 0.5) is 0 Å². The highest BCUT2D eigenvalue weighted by Gasteiger charge is 2.21. The van der Waals surface area contributed by atoms with Gasteiger partial charge in [-0.2, -0.15) is 5.10 Å². The molecule has 0 radical (unpaired) electrons. The number of carbonyl (C=O) groups is 1. The van der Waals surface area contributed by atoms with Crippen molar-refractivity contribution < 1.29 is 4.79 Å². The van der Waals surface area contributed by atoms with E-state index in [0.29, 0.717) is 6.54 Å². The molecular formula is C14H18N4O. The predicted octanol–water partition coefficient (Wildman–Crippen LogP) is 0.941. The van der Waals surface area contributed by atoms with E-state index in [1.807, 2.05) is 30.1 Å². The summed E-state index contributed by atoms with van der Waals surface area (Å²) in [6.45, 7) is 1.52. The van der Waals surface area contributed by atoms with Gasteiger partial charge in [-0.1, -0.05) is 6.07 Å². The SMILES string of the molecule is Cn1ncc2cc(CNC(=O)C3CCCN3)ccc21. The fourth-order valence-corrected chi connectivity index (χ4v) is 2.54. The molecule has 1 atom stereocenters. The fourth-order valence-electron chi connectivity index (χ4n) is 2.54. The van der Waals surface area contributed by atoms with Crippen molar-refractivity contribution in [3.63, 3.8) is 0 Å². The number of rotatable bonds is 3. The molecule has 5 nitrogen and oxygen atoms in total. The second-order valence-corrected chi connectivity index (χ2v) is 5.03.